The van der Waals surface area contributed by atoms with Crippen LogP contribution in [-0.4, -0.2) is 30.6 Å². The van der Waals surface area contributed by atoms with Gasteiger partial charge in [0.05, 0.1) is 4.90 Å². The molecule has 8 nitrogen and oxygen atoms in total. The number of benzene rings is 2. The average molecular weight is 405 g/mol. The number of carbonyl (C=O) groups excluding carboxylic acids is 1. The second-order valence-corrected chi connectivity index (χ2v) is 8.62. The van der Waals surface area contributed by atoms with Gasteiger partial charge in [-0.1, -0.05) is 6.07 Å². The molecule has 2 aromatic rings. The number of nitrogens with two attached hydrogens (primary N) is 1. The lowest BCUT2D eigenvalue weighted by Gasteiger charge is -2.29. The number of sulfonamides is 1. The topological polar surface area (TPSA) is 142 Å². The maximum absolute atomic E-state index is 12.6. The van der Waals surface area contributed by atoms with Crippen LogP contribution >= 0.6 is 0 Å². The first-order valence-corrected chi connectivity index (χ1v) is 10.4. The molecule has 3 rings (SSSR count). The summed E-state index contributed by atoms with van der Waals surface area (Å²) < 4.78 is 27.9. The van der Waals surface area contributed by atoms with Crippen molar-refractivity contribution in [3.05, 3.63) is 53.6 Å². The van der Waals surface area contributed by atoms with Crippen LogP contribution in [0.2, 0.25) is 0 Å². The molecule has 0 aromatic heterocycles. The first-order chi connectivity index (χ1) is 13.3. The maximum Gasteiger partial charge on any atom is 0.265 e. The van der Waals surface area contributed by atoms with E-state index >= 15 is 0 Å². The van der Waals surface area contributed by atoms with Crippen molar-refractivity contribution in [2.75, 3.05) is 0 Å². The zero-order valence-electron chi connectivity index (χ0n) is 15.1. The van der Waals surface area contributed by atoms with Gasteiger partial charge in [0.15, 0.2) is 0 Å². The second kappa shape index (κ2) is 8.17. The number of hydrogen-bond acceptors (Lipinski definition) is 6. The molecule has 0 unspecified atom stereocenters. The van der Waals surface area contributed by atoms with Gasteiger partial charge < -0.3 is 10.2 Å². The van der Waals surface area contributed by atoms with Crippen molar-refractivity contribution >= 4 is 15.9 Å². The Hall–Kier alpha value is -2.62. The number of hydrogen-bond donors (Lipinski definition) is 5. The van der Waals surface area contributed by atoms with Crippen LogP contribution in [0.5, 0.6) is 11.5 Å². The largest absolute Gasteiger partial charge is 0.508 e. The summed E-state index contributed by atoms with van der Waals surface area (Å²) in [6, 6.07) is 9.91. The Labute approximate surface area is 163 Å². The SMILES string of the molecule is NNC(=O)c1ccc(S(=O)(=O)NC2CCC(c3ccc(O)cc3O)CC2)cc1. The summed E-state index contributed by atoms with van der Waals surface area (Å²) in [6.45, 7) is 0. The van der Waals surface area contributed by atoms with Crippen LogP contribution in [0.3, 0.4) is 0 Å². The summed E-state index contributed by atoms with van der Waals surface area (Å²) in [6.07, 6.45) is 2.72. The third-order valence-electron chi connectivity index (χ3n) is 5.06. The van der Waals surface area contributed by atoms with Gasteiger partial charge in [-0.25, -0.2) is 19.0 Å². The molecule has 1 aliphatic rings. The fourth-order valence-corrected chi connectivity index (χ4v) is 4.86. The molecule has 6 N–H and O–H groups in total. The van der Waals surface area contributed by atoms with Gasteiger partial charge in [-0.3, -0.25) is 10.2 Å². The van der Waals surface area contributed by atoms with Crippen LogP contribution in [0.25, 0.3) is 0 Å². The number of nitrogen functional groups attached to an aromatic ring is 1. The minimum absolute atomic E-state index is 0.0117. The number of amides is 1. The van der Waals surface area contributed by atoms with Crippen LogP contribution in [0, 0.1) is 0 Å². The van der Waals surface area contributed by atoms with Crippen LogP contribution in [0.1, 0.15) is 47.5 Å². The zero-order valence-corrected chi connectivity index (χ0v) is 15.9. The molecule has 1 fully saturated rings. The number of aromatic hydroxyl groups is 2. The molecule has 0 spiro atoms. The number of phenolic OH excluding ortho intramolecular Hbond substituents is 2. The fourth-order valence-electron chi connectivity index (χ4n) is 3.56. The molecule has 0 aliphatic heterocycles. The lowest BCUT2D eigenvalue weighted by atomic mass is 9.81. The van der Waals surface area contributed by atoms with Crippen LogP contribution < -0.4 is 16.0 Å². The van der Waals surface area contributed by atoms with Crippen molar-refractivity contribution in [2.24, 2.45) is 5.84 Å². The molecule has 150 valence electrons. The molecule has 2 aromatic carbocycles. The smallest absolute Gasteiger partial charge is 0.265 e. The summed E-state index contributed by atoms with van der Waals surface area (Å²) >= 11 is 0. The van der Waals surface area contributed by atoms with Gasteiger partial charge in [-0.05, 0) is 67.5 Å². The van der Waals surface area contributed by atoms with Gasteiger partial charge >= 0.3 is 0 Å². The standard InChI is InChI=1S/C19H23N3O5S/c20-21-19(25)13-3-8-16(9-4-13)28(26,27)22-14-5-1-12(2-6-14)17-10-7-15(23)11-18(17)24/h3-4,7-12,14,22-24H,1-2,5-6,20H2,(H,21,25). The quantitative estimate of drug-likeness (QED) is 0.291. The van der Waals surface area contributed by atoms with Crippen molar-refractivity contribution in [3.63, 3.8) is 0 Å². The van der Waals surface area contributed by atoms with Crippen LogP contribution in [-0.2, 0) is 10.0 Å². The van der Waals surface area contributed by atoms with E-state index in [2.05, 4.69) is 4.72 Å². The minimum atomic E-state index is -3.70. The fraction of sp³-hybridized carbons (Fsp3) is 0.316. The van der Waals surface area contributed by atoms with Gasteiger partial charge in [0.25, 0.3) is 5.91 Å². The monoisotopic (exact) mass is 405 g/mol. The summed E-state index contributed by atoms with van der Waals surface area (Å²) in [5.41, 5.74) is 3.04. The normalized spacial score (nSPS) is 19.9. The van der Waals surface area contributed by atoms with Crippen LogP contribution in [0.15, 0.2) is 47.4 Å². The molecule has 1 amide bonds. The van der Waals surface area contributed by atoms with Gasteiger partial charge in [-0.2, -0.15) is 0 Å². The van der Waals surface area contributed by atoms with Gasteiger partial charge in [0.2, 0.25) is 10.0 Å². The van der Waals surface area contributed by atoms with E-state index in [0.717, 1.165) is 18.4 Å². The van der Waals surface area contributed by atoms with Gasteiger partial charge in [0.1, 0.15) is 11.5 Å². The number of rotatable bonds is 5. The number of hydrazine groups is 1. The van der Waals surface area contributed by atoms with Crippen molar-refractivity contribution in [1.82, 2.24) is 10.1 Å². The number of carbonyl (C=O) groups is 1. The third-order valence-corrected chi connectivity index (χ3v) is 6.60. The highest BCUT2D eigenvalue weighted by Crippen LogP contribution is 2.38. The molecule has 0 bridgehead atoms. The lowest BCUT2D eigenvalue weighted by Crippen LogP contribution is -2.37. The van der Waals surface area contributed by atoms with E-state index < -0.39 is 15.9 Å². The van der Waals surface area contributed by atoms with Crippen molar-refractivity contribution < 1.29 is 23.4 Å². The van der Waals surface area contributed by atoms with Crippen molar-refractivity contribution in [2.45, 2.75) is 42.5 Å². The summed E-state index contributed by atoms with van der Waals surface area (Å²) in [4.78, 5) is 11.5. The minimum Gasteiger partial charge on any atom is -0.508 e. The Morgan fingerprint density at radius 2 is 1.64 bits per heavy atom. The highest BCUT2D eigenvalue weighted by atomic mass is 32.2. The molecule has 0 saturated heterocycles. The highest BCUT2D eigenvalue weighted by Gasteiger charge is 2.27. The average Bonchev–Trinajstić information content (AvgIpc) is 2.68. The molecule has 0 radical (unpaired) electrons. The summed E-state index contributed by atoms with van der Waals surface area (Å²) in [5.74, 6) is 4.76. The Kier molecular flexibility index (Phi) is 5.87. The van der Waals surface area contributed by atoms with E-state index in [0.29, 0.717) is 12.8 Å². The van der Waals surface area contributed by atoms with Crippen molar-refractivity contribution in [3.8, 4) is 11.5 Å². The predicted molar refractivity (Wildman–Crippen MR) is 103 cm³/mol. The van der Waals surface area contributed by atoms with E-state index in [-0.39, 0.29) is 33.9 Å². The molecule has 1 saturated carbocycles. The molecule has 9 heteroatoms. The molecule has 28 heavy (non-hydrogen) atoms. The van der Waals surface area contributed by atoms with Gasteiger partial charge in [-0.15, -0.1) is 0 Å². The van der Waals surface area contributed by atoms with E-state index in [1.165, 1.54) is 30.3 Å². The summed E-state index contributed by atoms with van der Waals surface area (Å²) in [7, 11) is -3.70. The first kappa shape index (κ1) is 20.1. The molecule has 0 heterocycles. The Balaban J connectivity index is 1.62. The van der Waals surface area contributed by atoms with Gasteiger partial charge in [0, 0.05) is 17.7 Å². The van der Waals surface area contributed by atoms with E-state index in [1.54, 1.807) is 12.1 Å². The second-order valence-electron chi connectivity index (χ2n) is 6.91. The number of phenols is 2. The van der Waals surface area contributed by atoms with E-state index in [4.69, 9.17) is 5.84 Å². The Morgan fingerprint density at radius 3 is 2.21 bits per heavy atom. The number of nitrogens with one attached hydrogen (secondary N) is 2. The highest BCUT2D eigenvalue weighted by molar-refractivity contribution is 7.89. The first-order valence-electron chi connectivity index (χ1n) is 8.95. The maximum atomic E-state index is 12.6. The van der Waals surface area contributed by atoms with E-state index in [1.807, 2.05) is 5.43 Å². The molecule has 0 atom stereocenters. The predicted octanol–water partition coefficient (Wildman–Crippen LogP) is 1.71. The third kappa shape index (κ3) is 4.44. The molecular weight excluding hydrogens is 382 g/mol. The Morgan fingerprint density at radius 1 is 1.00 bits per heavy atom. The molecule has 1 aliphatic carbocycles. The Bertz CT molecular complexity index is 952. The summed E-state index contributed by atoms with van der Waals surface area (Å²) in [5, 5.41) is 19.4. The zero-order chi connectivity index (χ0) is 20.3. The lowest BCUT2D eigenvalue weighted by molar-refractivity contribution is 0.0953. The van der Waals surface area contributed by atoms with Crippen LogP contribution in [0.4, 0.5) is 0 Å². The van der Waals surface area contributed by atoms with Crippen molar-refractivity contribution in [1.29, 1.82) is 0 Å². The molecular formula is C19H23N3O5S. The van der Waals surface area contributed by atoms with E-state index in [9.17, 15) is 23.4 Å².